The van der Waals surface area contributed by atoms with Crippen LogP contribution in [0.25, 0.3) is 10.9 Å². The predicted octanol–water partition coefficient (Wildman–Crippen LogP) is 2.43. The van der Waals surface area contributed by atoms with E-state index in [1.54, 1.807) is 24.3 Å². The number of nitrogens with zero attached hydrogens (tertiary/aromatic N) is 3. The molecule has 0 aliphatic rings. The van der Waals surface area contributed by atoms with E-state index in [2.05, 4.69) is 26.0 Å². The quantitative estimate of drug-likeness (QED) is 0.673. The first kappa shape index (κ1) is 12.3. The molecule has 5 nitrogen and oxygen atoms in total. The van der Waals surface area contributed by atoms with Gasteiger partial charge in [-0.1, -0.05) is 18.2 Å². The van der Waals surface area contributed by atoms with Gasteiger partial charge in [-0.25, -0.2) is 4.98 Å². The third-order valence-electron chi connectivity index (χ3n) is 2.66. The standard InChI is InChI=1S/C12H8BrN3O2S/c13-12-6-9-7-15-16(11(9)8-14-12)19(17,18)10-4-2-1-3-5-10/h1-8H. The Morgan fingerprint density at radius 2 is 1.84 bits per heavy atom. The molecule has 3 rings (SSSR count). The van der Waals surface area contributed by atoms with E-state index in [1.807, 2.05) is 0 Å². The topological polar surface area (TPSA) is 64.8 Å². The largest absolute Gasteiger partial charge is 0.283 e. The minimum Gasteiger partial charge on any atom is -0.247 e. The zero-order valence-corrected chi connectivity index (χ0v) is 12.0. The highest BCUT2D eigenvalue weighted by Gasteiger charge is 2.20. The second kappa shape index (κ2) is 4.43. The van der Waals surface area contributed by atoms with E-state index in [-0.39, 0.29) is 4.90 Å². The average molecular weight is 338 g/mol. The lowest BCUT2D eigenvalue weighted by Gasteiger charge is -2.05. The Bertz CT molecular complexity index is 844. The Kier molecular flexibility index (Phi) is 2.87. The van der Waals surface area contributed by atoms with Gasteiger partial charge < -0.3 is 0 Å². The van der Waals surface area contributed by atoms with Crippen LogP contribution < -0.4 is 0 Å². The van der Waals surface area contributed by atoms with Gasteiger partial charge in [0.15, 0.2) is 0 Å². The highest BCUT2D eigenvalue weighted by molar-refractivity contribution is 9.10. The Morgan fingerprint density at radius 3 is 2.58 bits per heavy atom. The molecule has 3 aromatic rings. The van der Waals surface area contributed by atoms with Crippen LogP contribution in [0.3, 0.4) is 0 Å². The molecule has 0 aliphatic heterocycles. The van der Waals surface area contributed by atoms with Crippen molar-refractivity contribution in [3.05, 3.63) is 53.4 Å². The smallest absolute Gasteiger partial charge is 0.247 e. The normalized spacial score (nSPS) is 11.8. The van der Waals surface area contributed by atoms with Crippen molar-refractivity contribution in [1.82, 2.24) is 14.2 Å². The van der Waals surface area contributed by atoms with Gasteiger partial charge in [0.25, 0.3) is 10.0 Å². The van der Waals surface area contributed by atoms with Crippen molar-refractivity contribution in [2.24, 2.45) is 0 Å². The Hall–Kier alpha value is -1.73. The van der Waals surface area contributed by atoms with Crippen LogP contribution in [0, 0.1) is 0 Å². The monoisotopic (exact) mass is 337 g/mol. The molecule has 0 amide bonds. The van der Waals surface area contributed by atoms with Gasteiger partial charge in [-0.05, 0) is 34.1 Å². The van der Waals surface area contributed by atoms with Crippen molar-refractivity contribution in [1.29, 1.82) is 0 Å². The molecule has 0 fully saturated rings. The van der Waals surface area contributed by atoms with Gasteiger partial charge in [0.05, 0.1) is 17.3 Å². The van der Waals surface area contributed by atoms with Crippen LogP contribution in [-0.4, -0.2) is 22.6 Å². The molecule has 0 radical (unpaired) electrons. The molecule has 0 saturated carbocycles. The molecule has 0 spiro atoms. The fourth-order valence-corrected chi connectivity index (χ4v) is 3.39. The van der Waals surface area contributed by atoms with Crippen LogP contribution in [0.4, 0.5) is 0 Å². The summed E-state index contributed by atoms with van der Waals surface area (Å²) in [6, 6.07) is 9.91. The van der Waals surface area contributed by atoms with E-state index >= 15 is 0 Å². The van der Waals surface area contributed by atoms with Gasteiger partial charge in [-0.3, -0.25) is 0 Å². The summed E-state index contributed by atoms with van der Waals surface area (Å²) in [7, 11) is -3.68. The summed E-state index contributed by atoms with van der Waals surface area (Å²) in [6.07, 6.45) is 2.98. The number of rotatable bonds is 2. The highest BCUT2D eigenvalue weighted by atomic mass is 79.9. The maximum Gasteiger partial charge on any atom is 0.283 e. The Labute approximate surface area is 118 Å². The van der Waals surface area contributed by atoms with Crippen LogP contribution in [0.5, 0.6) is 0 Å². The molecular formula is C12H8BrN3O2S. The second-order valence-electron chi connectivity index (χ2n) is 3.87. The Morgan fingerprint density at radius 1 is 1.11 bits per heavy atom. The lowest BCUT2D eigenvalue weighted by molar-refractivity contribution is 0.582. The number of hydrogen-bond acceptors (Lipinski definition) is 4. The number of aromatic nitrogens is 3. The van der Waals surface area contributed by atoms with Crippen LogP contribution in [0.2, 0.25) is 0 Å². The molecule has 0 atom stereocenters. The van der Waals surface area contributed by atoms with Crippen LogP contribution in [0.15, 0.2) is 58.3 Å². The molecule has 7 heteroatoms. The van der Waals surface area contributed by atoms with Gasteiger partial charge in [0, 0.05) is 5.39 Å². The molecule has 0 N–H and O–H groups in total. The number of pyridine rings is 1. The molecule has 0 aliphatic carbocycles. The minimum atomic E-state index is -3.68. The molecule has 2 aromatic heterocycles. The summed E-state index contributed by atoms with van der Waals surface area (Å²) in [4.78, 5) is 4.24. The molecule has 2 heterocycles. The van der Waals surface area contributed by atoms with Gasteiger partial charge in [-0.15, -0.1) is 0 Å². The molecule has 1 aromatic carbocycles. The molecule has 19 heavy (non-hydrogen) atoms. The number of benzene rings is 1. The van der Waals surface area contributed by atoms with Crippen LogP contribution in [0.1, 0.15) is 0 Å². The summed E-state index contributed by atoms with van der Waals surface area (Å²) >= 11 is 3.24. The third kappa shape index (κ3) is 2.04. The van der Waals surface area contributed by atoms with E-state index in [0.717, 1.165) is 4.09 Å². The molecule has 0 saturated heterocycles. The zero-order chi connectivity index (χ0) is 13.5. The maximum atomic E-state index is 12.5. The van der Waals surface area contributed by atoms with Crippen molar-refractivity contribution in [3.8, 4) is 0 Å². The number of hydrogen-bond donors (Lipinski definition) is 0. The summed E-state index contributed by atoms with van der Waals surface area (Å²) in [5, 5.41) is 4.66. The van der Waals surface area contributed by atoms with E-state index in [0.29, 0.717) is 15.5 Å². The lowest BCUT2D eigenvalue weighted by atomic mass is 10.3. The van der Waals surface area contributed by atoms with Gasteiger partial charge >= 0.3 is 0 Å². The predicted molar refractivity (Wildman–Crippen MR) is 74.3 cm³/mol. The second-order valence-corrected chi connectivity index (χ2v) is 6.45. The van der Waals surface area contributed by atoms with Crippen LogP contribution in [-0.2, 0) is 10.0 Å². The molecule has 0 unspecified atom stereocenters. The van der Waals surface area contributed by atoms with Crippen LogP contribution >= 0.6 is 15.9 Å². The third-order valence-corrected chi connectivity index (χ3v) is 4.70. The average Bonchev–Trinajstić information content (AvgIpc) is 2.83. The van der Waals surface area contributed by atoms with Crippen molar-refractivity contribution >= 4 is 36.9 Å². The fraction of sp³-hybridized carbons (Fsp3) is 0. The summed E-state index contributed by atoms with van der Waals surface area (Å²) in [6.45, 7) is 0. The molecular weight excluding hydrogens is 330 g/mol. The van der Waals surface area contributed by atoms with Crippen molar-refractivity contribution in [3.63, 3.8) is 0 Å². The first-order valence-electron chi connectivity index (χ1n) is 5.39. The summed E-state index contributed by atoms with van der Waals surface area (Å²) < 4.78 is 26.5. The van der Waals surface area contributed by atoms with Crippen molar-refractivity contribution in [2.45, 2.75) is 4.90 Å². The molecule has 96 valence electrons. The van der Waals surface area contributed by atoms with Gasteiger partial charge in [-0.2, -0.15) is 17.6 Å². The zero-order valence-electron chi connectivity index (χ0n) is 9.56. The maximum absolute atomic E-state index is 12.5. The Balaban J connectivity index is 2.25. The highest BCUT2D eigenvalue weighted by Crippen LogP contribution is 2.21. The first-order chi connectivity index (χ1) is 9.09. The first-order valence-corrected chi connectivity index (χ1v) is 7.62. The SMILES string of the molecule is O=S(=O)(c1ccccc1)n1ncc2cc(Br)ncc21. The van der Waals surface area contributed by atoms with Crippen molar-refractivity contribution in [2.75, 3.05) is 0 Å². The van der Waals surface area contributed by atoms with E-state index in [9.17, 15) is 8.42 Å². The summed E-state index contributed by atoms with van der Waals surface area (Å²) in [5.41, 5.74) is 0.451. The van der Waals surface area contributed by atoms with Gasteiger partial charge in [0.1, 0.15) is 10.1 Å². The number of halogens is 1. The fourth-order valence-electron chi connectivity index (χ4n) is 1.76. The van der Waals surface area contributed by atoms with E-state index in [1.165, 1.54) is 24.5 Å². The van der Waals surface area contributed by atoms with E-state index < -0.39 is 10.0 Å². The lowest BCUT2D eigenvalue weighted by Crippen LogP contribution is -2.14. The van der Waals surface area contributed by atoms with Gasteiger partial charge in [0.2, 0.25) is 0 Å². The molecule has 0 bridgehead atoms. The van der Waals surface area contributed by atoms with E-state index in [4.69, 9.17) is 0 Å². The minimum absolute atomic E-state index is 0.197. The number of fused-ring (bicyclic) bond motifs is 1. The van der Waals surface area contributed by atoms with Crippen molar-refractivity contribution < 1.29 is 8.42 Å². The summed E-state index contributed by atoms with van der Waals surface area (Å²) in [5.74, 6) is 0.